The highest BCUT2D eigenvalue weighted by atomic mass is 35.5. The van der Waals surface area contributed by atoms with Gasteiger partial charge in [-0.1, -0.05) is 29.8 Å². The fourth-order valence-corrected chi connectivity index (χ4v) is 1.69. The highest BCUT2D eigenvalue weighted by molar-refractivity contribution is 6.33. The first-order valence-corrected chi connectivity index (χ1v) is 4.89. The van der Waals surface area contributed by atoms with Gasteiger partial charge in [0, 0.05) is 21.8 Å². The van der Waals surface area contributed by atoms with E-state index in [0.29, 0.717) is 16.3 Å². The van der Waals surface area contributed by atoms with Crippen LogP contribution in [0.2, 0.25) is 5.02 Å². The summed E-state index contributed by atoms with van der Waals surface area (Å²) in [6, 6.07) is 12.2. The van der Waals surface area contributed by atoms with Crippen molar-refractivity contribution in [2.45, 2.75) is 0 Å². The van der Waals surface area contributed by atoms with Crippen LogP contribution in [0, 0.1) is 0 Å². The second-order valence-corrected chi connectivity index (χ2v) is 3.66. The Morgan fingerprint density at radius 3 is 2.47 bits per heavy atom. The minimum absolute atomic E-state index is 0.178. The zero-order valence-corrected chi connectivity index (χ0v) is 8.70. The quantitative estimate of drug-likeness (QED) is 0.571. The number of rotatable bonds is 1. The van der Waals surface area contributed by atoms with Crippen molar-refractivity contribution < 1.29 is 5.11 Å². The lowest BCUT2D eigenvalue weighted by Gasteiger charge is -2.07. The van der Waals surface area contributed by atoms with Crippen LogP contribution in [0.4, 0.5) is 5.69 Å². The third-order valence-corrected chi connectivity index (χ3v) is 2.51. The Labute approximate surface area is 92.9 Å². The summed E-state index contributed by atoms with van der Waals surface area (Å²) in [5, 5.41) is 10.3. The monoisotopic (exact) mass is 219 g/mol. The van der Waals surface area contributed by atoms with Crippen LogP contribution in [0.25, 0.3) is 11.1 Å². The Balaban J connectivity index is 2.64. The number of phenols is 1. The molecule has 2 nitrogen and oxygen atoms in total. The maximum atomic E-state index is 9.70. The van der Waals surface area contributed by atoms with Crippen LogP contribution in [0.1, 0.15) is 0 Å². The maximum Gasteiger partial charge on any atom is 0.123 e. The van der Waals surface area contributed by atoms with Gasteiger partial charge in [-0.3, -0.25) is 0 Å². The number of aromatic hydroxyl groups is 1. The molecule has 0 unspecified atom stereocenters. The zero-order valence-electron chi connectivity index (χ0n) is 7.94. The van der Waals surface area contributed by atoms with E-state index in [1.54, 1.807) is 24.3 Å². The van der Waals surface area contributed by atoms with Crippen molar-refractivity contribution in [2.75, 3.05) is 5.73 Å². The number of nitrogens with two attached hydrogens (primary N) is 1. The van der Waals surface area contributed by atoms with E-state index < -0.39 is 0 Å². The fraction of sp³-hybridized carbons (Fsp3) is 0. The van der Waals surface area contributed by atoms with Crippen molar-refractivity contribution in [3.05, 3.63) is 47.5 Å². The lowest BCUT2D eigenvalue weighted by Crippen LogP contribution is -1.86. The number of anilines is 1. The van der Waals surface area contributed by atoms with Crippen molar-refractivity contribution in [3.8, 4) is 16.9 Å². The van der Waals surface area contributed by atoms with E-state index in [0.717, 1.165) is 5.56 Å². The molecule has 0 spiro atoms. The average Bonchev–Trinajstić information content (AvgIpc) is 2.23. The van der Waals surface area contributed by atoms with Gasteiger partial charge in [0.15, 0.2) is 0 Å². The predicted octanol–water partition coefficient (Wildman–Crippen LogP) is 3.29. The largest absolute Gasteiger partial charge is 0.507 e. The molecule has 0 saturated heterocycles. The van der Waals surface area contributed by atoms with Crippen molar-refractivity contribution in [1.29, 1.82) is 0 Å². The molecule has 76 valence electrons. The molecular weight excluding hydrogens is 210 g/mol. The summed E-state index contributed by atoms with van der Waals surface area (Å²) in [6.07, 6.45) is 0. The number of phenolic OH excluding ortho intramolecular Hbond substituents is 1. The number of nitrogen functional groups attached to an aromatic ring is 1. The minimum Gasteiger partial charge on any atom is -0.507 e. The second-order valence-electron chi connectivity index (χ2n) is 3.26. The van der Waals surface area contributed by atoms with Crippen LogP contribution in [0.15, 0.2) is 42.5 Å². The molecule has 0 heterocycles. The van der Waals surface area contributed by atoms with Crippen molar-refractivity contribution in [3.63, 3.8) is 0 Å². The highest BCUT2D eigenvalue weighted by Gasteiger charge is 2.07. The van der Waals surface area contributed by atoms with E-state index in [1.807, 2.05) is 18.2 Å². The minimum atomic E-state index is 0.178. The molecule has 15 heavy (non-hydrogen) atoms. The molecule has 0 aliphatic heterocycles. The number of hydrogen-bond donors (Lipinski definition) is 2. The normalized spacial score (nSPS) is 10.2. The van der Waals surface area contributed by atoms with E-state index >= 15 is 0 Å². The van der Waals surface area contributed by atoms with Gasteiger partial charge in [0.1, 0.15) is 5.75 Å². The van der Waals surface area contributed by atoms with E-state index in [-0.39, 0.29) is 5.75 Å². The van der Waals surface area contributed by atoms with E-state index in [4.69, 9.17) is 17.3 Å². The molecule has 0 aliphatic rings. The van der Waals surface area contributed by atoms with Gasteiger partial charge in [0.05, 0.1) is 0 Å². The molecule has 0 aromatic heterocycles. The van der Waals surface area contributed by atoms with Crippen LogP contribution >= 0.6 is 11.6 Å². The van der Waals surface area contributed by atoms with Crippen molar-refractivity contribution >= 4 is 17.3 Å². The Bertz CT molecular complexity index is 497. The van der Waals surface area contributed by atoms with Gasteiger partial charge in [0.2, 0.25) is 0 Å². The molecular formula is C12H10ClNO. The average molecular weight is 220 g/mol. The van der Waals surface area contributed by atoms with Crippen LogP contribution in [-0.2, 0) is 0 Å². The van der Waals surface area contributed by atoms with Crippen LogP contribution < -0.4 is 5.73 Å². The van der Waals surface area contributed by atoms with Gasteiger partial charge in [-0.15, -0.1) is 0 Å². The van der Waals surface area contributed by atoms with Gasteiger partial charge in [-0.05, 0) is 24.3 Å². The Morgan fingerprint density at radius 2 is 1.73 bits per heavy atom. The van der Waals surface area contributed by atoms with Crippen LogP contribution in [0.3, 0.4) is 0 Å². The van der Waals surface area contributed by atoms with Gasteiger partial charge >= 0.3 is 0 Å². The first kappa shape index (κ1) is 9.87. The molecule has 0 fully saturated rings. The molecule has 0 radical (unpaired) electrons. The summed E-state index contributed by atoms with van der Waals surface area (Å²) >= 11 is 6.03. The number of hydrogen-bond acceptors (Lipinski definition) is 2. The van der Waals surface area contributed by atoms with Crippen molar-refractivity contribution in [1.82, 2.24) is 0 Å². The summed E-state index contributed by atoms with van der Waals surface area (Å²) in [5.41, 5.74) is 7.70. The third kappa shape index (κ3) is 1.90. The van der Waals surface area contributed by atoms with Crippen molar-refractivity contribution in [2.24, 2.45) is 0 Å². The van der Waals surface area contributed by atoms with Gasteiger partial charge in [-0.2, -0.15) is 0 Å². The SMILES string of the molecule is Nc1ccc(O)c(-c2ccccc2Cl)c1. The Morgan fingerprint density at radius 1 is 1.00 bits per heavy atom. The molecule has 2 aromatic rings. The van der Waals surface area contributed by atoms with Gasteiger partial charge < -0.3 is 10.8 Å². The van der Waals surface area contributed by atoms with E-state index in [1.165, 1.54) is 0 Å². The number of halogens is 1. The number of benzene rings is 2. The highest BCUT2D eigenvalue weighted by Crippen LogP contribution is 2.35. The summed E-state index contributed by atoms with van der Waals surface area (Å²) < 4.78 is 0. The predicted molar refractivity (Wildman–Crippen MR) is 63.0 cm³/mol. The fourth-order valence-electron chi connectivity index (χ4n) is 1.45. The smallest absolute Gasteiger partial charge is 0.123 e. The topological polar surface area (TPSA) is 46.2 Å². The molecule has 0 atom stereocenters. The molecule has 0 amide bonds. The molecule has 0 bridgehead atoms. The van der Waals surface area contributed by atoms with E-state index in [2.05, 4.69) is 0 Å². The lowest BCUT2D eigenvalue weighted by molar-refractivity contribution is 0.477. The summed E-state index contributed by atoms with van der Waals surface area (Å²) in [6.45, 7) is 0. The standard InChI is InChI=1S/C12H10ClNO/c13-11-4-2-1-3-9(11)10-7-8(14)5-6-12(10)15/h1-7,15H,14H2. The van der Waals surface area contributed by atoms with Crippen LogP contribution in [-0.4, -0.2) is 5.11 Å². The molecule has 2 rings (SSSR count). The zero-order chi connectivity index (χ0) is 10.8. The van der Waals surface area contributed by atoms with E-state index in [9.17, 15) is 5.11 Å². The molecule has 3 heteroatoms. The molecule has 0 saturated carbocycles. The lowest BCUT2D eigenvalue weighted by atomic mass is 10.0. The maximum absolute atomic E-state index is 9.70. The van der Waals surface area contributed by atoms with Gasteiger partial charge in [0.25, 0.3) is 0 Å². The first-order valence-electron chi connectivity index (χ1n) is 4.52. The molecule has 3 N–H and O–H groups in total. The molecule has 0 aliphatic carbocycles. The first-order chi connectivity index (χ1) is 7.18. The Kier molecular flexibility index (Phi) is 2.52. The second kappa shape index (κ2) is 3.83. The summed E-state index contributed by atoms with van der Waals surface area (Å²) in [5.74, 6) is 0.178. The summed E-state index contributed by atoms with van der Waals surface area (Å²) in [7, 11) is 0. The van der Waals surface area contributed by atoms with Crippen LogP contribution in [0.5, 0.6) is 5.75 Å². The Hall–Kier alpha value is -1.67. The summed E-state index contributed by atoms with van der Waals surface area (Å²) in [4.78, 5) is 0. The van der Waals surface area contributed by atoms with Gasteiger partial charge in [-0.25, -0.2) is 0 Å². The third-order valence-electron chi connectivity index (χ3n) is 2.18. The molecule has 2 aromatic carbocycles.